The third kappa shape index (κ3) is 1.97. The van der Waals surface area contributed by atoms with Crippen LogP contribution in [0.5, 0.6) is 0 Å². The molecule has 2 rings (SSSR count). The maximum Gasteiger partial charge on any atom is 0.250 e. The molecule has 0 spiro atoms. The third-order valence-electron chi connectivity index (χ3n) is 3.30. The summed E-state index contributed by atoms with van der Waals surface area (Å²) >= 11 is 0. The Hall–Kier alpha value is -1.29. The number of hydrogen-bond donors (Lipinski definition) is 1. The zero-order valence-electron chi connectivity index (χ0n) is 10.2. The van der Waals surface area contributed by atoms with Gasteiger partial charge in [-0.2, -0.15) is 0 Å². The Balaban J connectivity index is 2.33. The molecule has 1 aliphatic rings. The van der Waals surface area contributed by atoms with Gasteiger partial charge in [-0.25, -0.2) is 0 Å². The third-order valence-corrected chi connectivity index (χ3v) is 3.30. The summed E-state index contributed by atoms with van der Waals surface area (Å²) in [5.74, 6) is 0. The maximum atomic E-state index is 11.5. The van der Waals surface area contributed by atoms with Crippen LogP contribution in [0.15, 0.2) is 16.9 Å². The van der Waals surface area contributed by atoms with Crippen LogP contribution in [0.1, 0.15) is 12.6 Å². The van der Waals surface area contributed by atoms with Gasteiger partial charge in [0.2, 0.25) is 0 Å². The Labute approximate surface area is 95.9 Å². The quantitative estimate of drug-likeness (QED) is 0.750. The molecule has 1 N–H and O–H groups in total. The molecular formula is C12H19N3O. The summed E-state index contributed by atoms with van der Waals surface area (Å²) in [7, 11) is 1.83. The van der Waals surface area contributed by atoms with Crippen LogP contribution < -0.4 is 15.8 Å². The highest BCUT2D eigenvalue weighted by Gasteiger charge is 2.18. The van der Waals surface area contributed by atoms with Crippen LogP contribution in [0, 0.1) is 6.92 Å². The lowest BCUT2D eigenvalue weighted by atomic mass is 10.2. The van der Waals surface area contributed by atoms with Crippen molar-refractivity contribution in [3.05, 3.63) is 28.2 Å². The maximum absolute atomic E-state index is 11.5. The number of nitrogens with zero attached hydrogens (tertiary/aromatic N) is 2. The molecule has 4 heteroatoms. The Morgan fingerprint density at radius 2 is 2.19 bits per heavy atom. The number of rotatable bonds is 1. The molecule has 1 saturated heterocycles. The summed E-state index contributed by atoms with van der Waals surface area (Å²) in [6.45, 7) is 7.19. The Morgan fingerprint density at radius 3 is 2.88 bits per heavy atom. The molecule has 0 aromatic carbocycles. The van der Waals surface area contributed by atoms with Crippen molar-refractivity contribution in [3.63, 3.8) is 0 Å². The van der Waals surface area contributed by atoms with Crippen molar-refractivity contribution in [2.45, 2.75) is 19.9 Å². The van der Waals surface area contributed by atoms with E-state index in [1.807, 2.05) is 20.0 Å². The highest BCUT2D eigenvalue weighted by molar-refractivity contribution is 5.50. The number of pyridine rings is 1. The highest BCUT2D eigenvalue weighted by Crippen LogP contribution is 2.18. The lowest BCUT2D eigenvalue weighted by Crippen LogP contribution is -2.49. The number of aromatic nitrogens is 1. The van der Waals surface area contributed by atoms with Crippen LogP contribution in [0.2, 0.25) is 0 Å². The van der Waals surface area contributed by atoms with Crippen molar-refractivity contribution in [1.82, 2.24) is 9.88 Å². The van der Waals surface area contributed by atoms with Crippen molar-refractivity contribution in [3.8, 4) is 0 Å². The van der Waals surface area contributed by atoms with Crippen LogP contribution in [-0.4, -0.2) is 30.2 Å². The van der Waals surface area contributed by atoms with E-state index in [0.29, 0.717) is 6.04 Å². The zero-order chi connectivity index (χ0) is 11.7. The predicted molar refractivity (Wildman–Crippen MR) is 66.1 cm³/mol. The van der Waals surface area contributed by atoms with Gasteiger partial charge in [0.15, 0.2) is 0 Å². The topological polar surface area (TPSA) is 37.3 Å². The molecule has 0 aliphatic carbocycles. The van der Waals surface area contributed by atoms with E-state index >= 15 is 0 Å². The second-order valence-electron chi connectivity index (χ2n) is 4.50. The minimum atomic E-state index is 0.0597. The van der Waals surface area contributed by atoms with Gasteiger partial charge in [-0.05, 0) is 19.9 Å². The fourth-order valence-electron chi connectivity index (χ4n) is 2.21. The summed E-state index contributed by atoms with van der Waals surface area (Å²) in [6.07, 6.45) is 0. The normalized spacial score (nSPS) is 21.2. The second kappa shape index (κ2) is 4.29. The number of anilines is 1. The molecule has 1 unspecified atom stereocenters. The molecule has 1 aliphatic heterocycles. The number of hydrogen-bond acceptors (Lipinski definition) is 3. The lowest BCUT2D eigenvalue weighted by molar-refractivity contribution is 0.483. The lowest BCUT2D eigenvalue weighted by Gasteiger charge is -2.34. The summed E-state index contributed by atoms with van der Waals surface area (Å²) in [5.41, 5.74) is 2.28. The molecule has 0 radical (unpaired) electrons. The van der Waals surface area contributed by atoms with E-state index in [0.717, 1.165) is 25.3 Å². The van der Waals surface area contributed by atoms with E-state index in [4.69, 9.17) is 0 Å². The van der Waals surface area contributed by atoms with Crippen molar-refractivity contribution in [2.24, 2.45) is 7.05 Å². The fourth-order valence-corrected chi connectivity index (χ4v) is 2.21. The summed E-state index contributed by atoms with van der Waals surface area (Å²) < 4.78 is 1.71. The van der Waals surface area contributed by atoms with E-state index in [9.17, 15) is 4.79 Å². The first-order valence-corrected chi connectivity index (χ1v) is 5.74. The number of piperazine rings is 1. The minimum Gasteiger partial charge on any atom is -0.367 e. The molecule has 1 atom stereocenters. The van der Waals surface area contributed by atoms with Gasteiger partial charge in [0, 0.05) is 44.5 Å². The van der Waals surface area contributed by atoms with Gasteiger partial charge in [-0.1, -0.05) is 0 Å². The Morgan fingerprint density at radius 1 is 1.44 bits per heavy atom. The van der Waals surface area contributed by atoms with Gasteiger partial charge >= 0.3 is 0 Å². The summed E-state index contributed by atoms with van der Waals surface area (Å²) in [6, 6.07) is 4.09. The van der Waals surface area contributed by atoms with E-state index in [-0.39, 0.29) is 5.56 Å². The van der Waals surface area contributed by atoms with Crippen LogP contribution in [0.25, 0.3) is 0 Å². The largest absolute Gasteiger partial charge is 0.367 e. The molecule has 0 amide bonds. The fraction of sp³-hybridized carbons (Fsp3) is 0.583. The summed E-state index contributed by atoms with van der Waals surface area (Å²) in [5, 5.41) is 3.42. The van der Waals surface area contributed by atoms with Crippen LogP contribution in [0.4, 0.5) is 5.69 Å². The SMILES string of the molecule is Cc1c(N2CCNC(C)C2)ccc(=O)n1C. The minimum absolute atomic E-state index is 0.0597. The van der Waals surface area contributed by atoms with Crippen LogP contribution in [-0.2, 0) is 7.05 Å². The highest BCUT2D eigenvalue weighted by atomic mass is 16.1. The molecule has 0 saturated carbocycles. The molecule has 1 aromatic heterocycles. The first-order valence-electron chi connectivity index (χ1n) is 5.74. The molecule has 2 heterocycles. The smallest absolute Gasteiger partial charge is 0.250 e. The van der Waals surface area contributed by atoms with Gasteiger partial charge < -0.3 is 14.8 Å². The first kappa shape index (κ1) is 11.2. The van der Waals surface area contributed by atoms with Crippen molar-refractivity contribution in [1.29, 1.82) is 0 Å². The zero-order valence-corrected chi connectivity index (χ0v) is 10.2. The molecule has 1 fully saturated rings. The van der Waals surface area contributed by atoms with Crippen molar-refractivity contribution in [2.75, 3.05) is 24.5 Å². The average Bonchev–Trinajstić information content (AvgIpc) is 2.26. The van der Waals surface area contributed by atoms with Crippen molar-refractivity contribution >= 4 is 5.69 Å². The van der Waals surface area contributed by atoms with Gasteiger partial charge in [-0.15, -0.1) is 0 Å². The molecule has 88 valence electrons. The average molecular weight is 221 g/mol. The monoisotopic (exact) mass is 221 g/mol. The molecular weight excluding hydrogens is 202 g/mol. The molecule has 4 nitrogen and oxygen atoms in total. The van der Waals surface area contributed by atoms with Crippen molar-refractivity contribution < 1.29 is 0 Å². The molecule has 0 bridgehead atoms. The van der Waals surface area contributed by atoms with Gasteiger partial charge in [-0.3, -0.25) is 4.79 Å². The second-order valence-corrected chi connectivity index (χ2v) is 4.50. The Kier molecular flexibility index (Phi) is 3.01. The van der Waals surface area contributed by atoms with E-state index < -0.39 is 0 Å². The first-order chi connectivity index (χ1) is 7.59. The predicted octanol–water partition coefficient (Wildman–Crippen LogP) is 0.492. The summed E-state index contributed by atoms with van der Waals surface area (Å²) in [4.78, 5) is 13.8. The standard InChI is InChI=1S/C12H19N3O/c1-9-8-15(7-6-13-9)11-4-5-12(16)14(3)10(11)2/h4-5,9,13H,6-8H2,1-3H3. The van der Waals surface area contributed by atoms with Gasteiger partial charge in [0.05, 0.1) is 5.69 Å². The van der Waals surface area contributed by atoms with E-state index in [1.165, 1.54) is 5.69 Å². The van der Waals surface area contributed by atoms with E-state index in [2.05, 4.69) is 17.1 Å². The molecule has 16 heavy (non-hydrogen) atoms. The van der Waals surface area contributed by atoms with Gasteiger partial charge in [0.25, 0.3) is 5.56 Å². The van der Waals surface area contributed by atoms with Crippen LogP contribution >= 0.6 is 0 Å². The Bertz CT molecular complexity index is 438. The number of nitrogens with one attached hydrogen (secondary N) is 1. The van der Waals surface area contributed by atoms with Crippen LogP contribution in [0.3, 0.4) is 0 Å². The molecule has 1 aromatic rings. The van der Waals surface area contributed by atoms with Gasteiger partial charge in [0.1, 0.15) is 0 Å². The van der Waals surface area contributed by atoms with E-state index in [1.54, 1.807) is 10.6 Å².